The maximum atomic E-state index is 12.0. The van der Waals surface area contributed by atoms with Gasteiger partial charge in [-0.05, 0) is 42.7 Å². The van der Waals surface area contributed by atoms with Crippen molar-refractivity contribution in [3.8, 4) is 0 Å². The lowest BCUT2D eigenvalue weighted by atomic mass is 9.85. The van der Waals surface area contributed by atoms with Gasteiger partial charge in [-0.15, -0.1) is 11.6 Å². The lowest BCUT2D eigenvalue weighted by Gasteiger charge is -2.18. The second-order valence-electron chi connectivity index (χ2n) is 5.77. The molecule has 4 heteroatoms. The first-order chi connectivity index (χ1) is 9.91. The fraction of sp³-hybridized carbons (Fsp3) is 0.235. The number of fused-ring (bicyclic) bond motifs is 1. The van der Waals surface area contributed by atoms with Crippen molar-refractivity contribution in [1.82, 2.24) is 0 Å². The first-order valence-corrected chi connectivity index (χ1v) is 7.98. The zero-order valence-electron chi connectivity index (χ0n) is 11.8. The first kappa shape index (κ1) is 14.6. The largest absolute Gasteiger partial charge is 0.325 e. The normalized spacial score (nSPS) is 17.2. The Hall–Kier alpha value is -1.32. The SMILES string of the molecule is CC1(C)C(=O)Nc2ccc(C(Cl)c3ccccc3Br)cc21. The Labute approximate surface area is 137 Å². The molecule has 0 aliphatic carbocycles. The maximum absolute atomic E-state index is 12.0. The summed E-state index contributed by atoms with van der Waals surface area (Å²) in [7, 11) is 0. The highest BCUT2D eigenvalue weighted by Gasteiger charge is 2.38. The molecule has 0 spiro atoms. The second kappa shape index (κ2) is 5.15. The predicted octanol–water partition coefficient (Wildman–Crippen LogP) is 5.01. The lowest BCUT2D eigenvalue weighted by Crippen LogP contribution is -2.26. The van der Waals surface area contributed by atoms with E-state index in [-0.39, 0.29) is 11.3 Å². The number of carbonyl (C=O) groups excluding carboxylic acids is 1. The standard InChI is InChI=1S/C17H15BrClNO/c1-17(2)12-9-10(7-8-14(12)20-16(17)21)15(19)11-5-3-4-6-13(11)18/h3-9,15H,1-2H3,(H,20,21). The van der Waals surface area contributed by atoms with Crippen LogP contribution in [0, 0.1) is 0 Å². The number of hydrogen-bond donors (Lipinski definition) is 1. The van der Waals surface area contributed by atoms with E-state index in [4.69, 9.17) is 11.6 Å². The van der Waals surface area contributed by atoms with Crippen molar-refractivity contribution in [2.45, 2.75) is 24.6 Å². The molecule has 108 valence electrons. The highest BCUT2D eigenvalue weighted by atomic mass is 79.9. The molecule has 1 heterocycles. The average Bonchev–Trinajstić information content (AvgIpc) is 2.69. The van der Waals surface area contributed by atoms with E-state index in [0.717, 1.165) is 26.9 Å². The Kier molecular flexibility index (Phi) is 3.58. The Morgan fingerprint density at radius 2 is 1.90 bits per heavy atom. The van der Waals surface area contributed by atoms with Crippen molar-refractivity contribution in [3.05, 3.63) is 63.6 Å². The molecule has 1 atom stereocenters. The van der Waals surface area contributed by atoms with Gasteiger partial charge in [0.2, 0.25) is 5.91 Å². The van der Waals surface area contributed by atoms with Gasteiger partial charge in [-0.2, -0.15) is 0 Å². The van der Waals surface area contributed by atoms with E-state index < -0.39 is 5.41 Å². The van der Waals surface area contributed by atoms with Crippen LogP contribution < -0.4 is 5.32 Å². The highest BCUT2D eigenvalue weighted by Crippen LogP contribution is 2.41. The van der Waals surface area contributed by atoms with E-state index in [1.807, 2.05) is 56.3 Å². The number of hydrogen-bond acceptors (Lipinski definition) is 1. The third-order valence-corrected chi connectivity index (χ3v) is 5.21. The second-order valence-corrected chi connectivity index (χ2v) is 7.06. The van der Waals surface area contributed by atoms with E-state index >= 15 is 0 Å². The van der Waals surface area contributed by atoms with Gasteiger partial charge in [0.05, 0.1) is 10.8 Å². The smallest absolute Gasteiger partial charge is 0.234 e. The molecular formula is C17H15BrClNO. The quantitative estimate of drug-likeness (QED) is 0.746. The van der Waals surface area contributed by atoms with Gasteiger partial charge in [0.1, 0.15) is 0 Å². The molecule has 0 saturated heterocycles. The highest BCUT2D eigenvalue weighted by molar-refractivity contribution is 9.10. The number of nitrogens with one attached hydrogen (secondary N) is 1. The fourth-order valence-corrected chi connectivity index (χ4v) is 3.58. The Balaban J connectivity index is 2.05. The van der Waals surface area contributed by atoms with Crippen LogP contribution in [0.1, 0.15) is 35.9 Å². The topological polar surface area (TPSA) is 29.1 Å². The van der Waals surface area contributed by atoms with Crippen LogP contribution in [-0.2, 0) is 10.2 Å². The summed E-state index contributed by atoms with van der Waals surface area (Å²) >= 11 is 10.2. The number of alkyl halides is 1. The van der Waals surface area contributed by atoms with Gasteiger partial charge in [0, 0.05) is 10.2 Å². The number of amides is 1. The number of benzene rings is 2. The van der Waals surface area contributed by atoms with Crippen LogP contribution in [0.5, 0.6) is 0 Å². The van der Waals surface area contributed by atoms with Crippen molar-refractivity contribution in [1.29, 1.82) is 0 Å². The third-order valence-electron chi connectivity index (χ3n) is 4.00. The van der Waals surface area contributed by atoms with Gasteiger partial charge in [-0.1, -0.05) is 46.3 Å². The minimum Gasteiger partial charge on any atom is -0.325 e. The van der Waals surface area contributed by atoms with E-state index in [1.165, 1.54) is 0 Å². The van der Waals surface area contributed by atoms with Crippen LogP contribution in [0.25, 0.3) is 0 Å². The minimum atomic E-state index is -0.518. The van der Waals surface area contributed by atoms with Gasteiger partial charge in [0.15, 0.2) is 0 Å². The van der Waals surface area contributed by atoms with Gasteiger partial charge in [-0.3, -0.25) is 4.79 Å². The number of carbonyl (C=O) groups is 1. The molecule has 1 unspecified atom stereocenters. The summed E-state index contributed by atoms with van der Waals surface area (Å²) in [6.45, 7) is 3.86. The Morgan fingerprint density at radius 1 is 1.19 bits per heavy atom. The monoisotopic (exact) mass is 363 g/mol. The van der Waals surface area contributed by atoms with Crippen molar-refractivity contribution in [2.24, 2.45) is 0 Å². The van der Waals surface area contributed by atoms with Crippen molar-refractivity contribution in [3.63, 3.8) is 0 Å². The van der Waals surface area contributed by atoms with Gasteiger partial charge < -0.3 is 5.32 Å². The average molecular weight is 365 g/mol. The zero-order valence-corrected chi connectivity index (χ0v) is 14.1. The predicted molar refractivity (Wildman–Crippen MR) is 89.9 cm³/mol. The molecule has 2 aromatic rings. The Bertz CT molecular complexity index is 726. The summed E-state index contributed by atoms with van der Waals surface area (Å²) in [4.78, 5) is 12.0. The lowest BCUT2D eigenvalue weighted by molar-refractivity contribution is -0.119. The number of halogens is 2. The molecule has 1 aliphatic rings. The molecule has 1 N–H and O–H groups in total. The van der Waals surface area contributed by atoms with Gasteiger partial charge in [-0.25, -0.2) is 0 Å². The van der Waals surface area contributed by atoms with Crippen molar-refractivity contribution < 1.29 is 4.79 Å². The van der Waals surface area contributed by atoms with Gasteiger partial charge >= 0.3 is 0 Å². The van der Waals surface area contributed by atoms with Crippen molar-refractivity contribution in [2.75, 3.05) is 5.32 Å². The molecule has 0 radical (unpaired) electrons. The van der Waals surface area contributed by atoms with E-state index in [0.29, 0.717) is 0 Å². The summed E-state index contributed by atoms with van der Waals surface area (Å²) < 4.78 is 0.985. The molecule has 1 amide bonds. The first-order valence-electron chi connectivity index (χ1n) is 6.75. The molecule has 0 bridgehead atoms. The van der Waals surface area contributed by atoms with Crippen LogP contribution >= 0.6 is 27.5 Å². The van der Waals surface area contributed by atoms with Crippen LogP contribution in [-0.4, -0.2) is 5.91 Å². The summed E-state index contributed by atoms with van der Waals surface area (Å²) in [5, 5.41) is 2.66. The molecule has 21 heavy (non-hydrogen) atoms. The van der Waals surface area contributed by atoms with Crippen molar-refractivity contribution >= 4 is 39.1 Å². The maximum Gasteiger partial charge on any atom is 0.234 e. The summed E-state index contributed by atoms with van der Waals surface area (Å²) in [5.41, 5.74) is 3.38. The molecule has 2 aromatic carbocycles. The molecule has 1 aliphatic heterocycles. The Morgan fingerprint density at radius 3 is 2.62 bits per heavy atom. The number of rotatable bonds is 2. The van der Waals surface area contributed by atoms with Crippen LogP contribution in [0.4, 0.5) is 5.69 Å². The van der Waals surface area contributed by atoms with Gasteiger partial charge in [0.25, 0.3) is 0 Å². The third kappa shape index (κ3) is 2.39. The zero-order chi connectivity index (χ0) is 15.2. The molecule has 0 aromatic heterocycles. The minimum absolute atomic E-state index is 0.0293. The number of anilines is 1. The van der Waals surface area contributed by atoms with E-state index in [9.17, 15) is 4.79 Å². The molecule has 0 fully saturated rings. The molecule has 0 saturated carbocycles. The molecule has 2 nitrogen and oxygen atoms in total. The summed E-state index contributed by atoms with van der Waals surface area (Å²) in [6, 6.07) is 13.9. The van der Waals surface area contributed by atoms with Crippen LogP contribution in [0.2, 0.25) is 0 Å². The van der Waals surface area contributed by atoms with E-state index in [1.54, 1.807) is 0 Å². The summed E-state index contributed by atoms with van der Waals surface area (Å²) in [5.74, 6) is 0.0293. The summed E-state index contributed by atoms with van der Waals surface area (Å²) in [6.07, 6.45) is 0. The van der Waals surface area contributed by atoms with E-state index in [2.05, 4.69) is 21.2 Å². The fourth-order valence-electron chi connectivity index (χ4n) is 2.61. The molecular weight excluding hydrogens is 350 g/mol. The van der Waals surface area contributed by atoms with Crippen LogP contribution in [0.15, 0.2) is 46.9 Å². The van der Waals surface area contributed by atoms with Crippen LogP contribution in [0.3, 0.4) is 0 Å². The molecule has 3 rings (SSSR count).